The molecule has 2 rings (SSSR count). The van der Waals surface area contributed by atoms with Gasteiger partial charge in [-0.1, -0.05) is 26.3 Å². The summed E-state index contributed by atoms with van der Waals surface area (Å²) in [5.74, 6) is 7.06. The molecule has 0 aliphatic carbocycles. The normalized spacial score (nSPS) is 12.2. The molecule has 5 nitrogen and oxygen atoms in total. The van der Waals surface area contributed by atoms with Gasteiger partial charge in [0.15, 0.2) is 0 Å². The molecule has 2 aromatic heterocycles. The minimum Gasteiger partial charge on any atom is -0.362 e. The molecule has 0 radical (unpaired) electrons. The summed E-state index contributed by atoms with van der Waals surface area (Å²) in [4.78, 5) is 9.87. The number of thiophene rings is 1. The number of nitrogens with one attached hydrogen (secondary N) is 2. The fourth-order valence-corrected chi connectivity index (χ4v) is 3.04. The first-order valence-electron chi connectivity index (χ1n) is 6.90. The van der Waals surface area contributed by atoms with Crippen LogP contribution in [0.25, 0.3) is 0 Å². The lowest BCUT2D eigenvalue weighted by molar-refractivity contribution is 0.683. The smallest absolute Gasteiger partial charge is 0.148 e. The maximum Gasteiger partial charge on any atom is 0.148 e. The largest absolute Gasteiger partial charge is 0.362 e. The molecule has 4 N–H and O–H groups in total. The van der Waals surface area contributed by atoms with Gasteiger partial charge in [0.1, 0.15) is 18.0 Å². The third-order valence-corrected chi connectivity index (χ3v) is 4.20. The van der Waals surface area contributed by atoms with Crippen molar-refractivity contribution in [2.24, 2.45) is 5.84 Å². The van der Waals surface area contributed by atoms with Gasteiger partial charge in [0.25, 0.3) is 0 Å². The molecule has 6 heteroatoms. The number of hydrogen-bond donors (Lipinski definition) is 3. The molecule has 0 amide bonds. The van der Waals surface area contributed by atoms with Crippen molar-refractivity contribution in [1.29, 1.82) is 0 Å². The van der Waals surface area contributed by atoms with E-state index < -0.39 is 0 Å². The molecule has 0 aliphatic heterocycles. The SMILES string of the molecule is CCCC(Nc1ncnc(NN)c1CC)c1cccs1. The maximum atomic E-state index is 5.51. The number of anilines is 2. The Morgan fingerprint density at radius 2 is 2.10 bits per heavy atom. The van der Waals surface area contributed by atoms with Crippen molar-refractivity contribution in [2.75, 3.05) is 10.7 Å². The molecule has 0 saturated heterocycles. The predicted octanol–water partition coefficient (Wildman–Crippen LogP) is 3.34. The first-order valence-corrected chi connectivity index (χ1v) is 7.78. The number of hydrazine groups is 1. The molecule has 0 aromatic carbocycles. The highest BCUT2D eigenvalue weighted by Crippen LogP contribution is 2.29. The Balaban J connectivity index is 2.27. The number of aromatic nitrogens is 2. The first-order chi connectivity index (χ1) is 9.80. The van der Waals surface area contributed by atoms with E-state index in [2.05, 4.69) is 52.1 Å². The Morgan fingerprint density at radius 1 is 1.30 bits per heavy atom. The zero-order chi connectivity index (χ0) is 14.4. The van der Waals surface area contributed by atoms with Crippen LogP contribution in [0.15, 0.2) is 23.8 Å². The summed E-state index contributed by atoms with van der Waals surface area (Å²) in [6.07, 6.45) is 4.54. The Kier molecular flexibility index (Phi) is 5.31. The highest BCUT2D eigenvalue weighted by Gasteiger charge is 2.16. The molecule has 0 spiro atoms. The van der Waals surface area contributed by atoms with Crippen molar-refractivity contribution in [2.45, 2.75) is 39.2 Å². The van der Waals surface area contributed by atoms with Crippen LogP contribution < -0.4 is 16.6 Å². The Bertz CT molecular complexity index is 526. The quantitative estimate of drug-likeness (QED) is 0.539. The first kappa shape index (κ1) is 14.7. The van der Waals surface area contributed by atoms with Crippen molar-refractivity contribution in [3.05, 3.63) is 34.3 Å². The lowest BCUT2D eigenvalue weighted by Gasteiger charge is -2.20. The molecule has 1 atom stereocenters. The van der Waals surface area contributed by atoms with Gasteiger partial charge in [0, 0.05) is 10.4 Å². The van der Waals surface area contributed by atoms with Crippen LogP contribution >= 0.6 is 11.3 Å². The average molecular weight is 291 g/mol. The van der Waals surface area contributed by atoms with E-state index in [1.165, 1.54) is 11.2 Å². The summed E-state index contributed by atoms with van der Waals surface area (Å²) in [5.41, 5.74) is 3.66. The maximum absolute atomic E-state index is 5.51. The van der Waals surface area contributed by atoms with Gasteiger partial charge in [-0.15, -0.1) is 11.3 Å². The number of nitrogens with zero attached hydrogens (tertiary/aromatic N) is 2. The van der Waals surface area contributed by atoms with E-state index in [-0.39, 0.29) is 6.04 Å². The highest BCUT2D eigenvalue weighted by molar-refractivity contribution is 7.10. The van der Waals surface area contributed by atoms with E-state index in [1.54, 1.807) is 11.3 Å². The number of nitrogen functional groups attached to an aromatic ring is 1. The Labute approximate surface area is 123 Å². The van der Waals surface area contributed by atoms with E-state index >= 15 is 0 Å². The van der Waals surface area contributed by atoms with Crippen LogP contribution in [0, 0.1) is 0 Å². The van der Waals surface area contributed by atoms with Gasteiger partial charge in [0.05, 0.1) is 6.04 Å². The van der Waals surface area contributed by atoms with Gasteiger partial charge in [-0.2, -0.15) is 0 Å². The summed E-state index contributed by atoms with van der Waals surface area (Å²) < 4.78 is 0. The van der Waals surface area contributed by atoms with Gasteiger partial charge >= 0.3 is 0 Å². The number of hydrogen-bond acceptors (Lipinski definition) is 6. The van der Waals surface area contributed by atoms with Crippen LogP contribution in [0.2, 0.25) is 0 Å². The van der Waals surface area contributed by atoms with Crippen molar-refractivity contribution in [1.82, 2.24) is 9.97 Å². The standard InChI is InChI=1S/C14H21N5S/c1-3-6-11(12-7-5-8-20-12)18-13-10(4-2)14(19-15)17-9-16-13/h5,7-9,11H,3-4,6,15H2,1-2H3,(H2,16,17,18,19). The predicted molar refractivity (Wildman–Crippen MR) is 84.8 cm³/mol. The van der Waals surface area contributed by atoms with Crippen molar-refractivity contribution in [3.8, 4) is 0 Å². The van der Waals surface area contributed by atoms with E-state index in [0.717, 1.165) is 30.6 Å². The number of rotatable bonds is 7. The fourth-order valence-electron chi connectivity index (χ4n) is 2.22. The second kappa shape index (κ2) is 7.21. The van der Waals surface area contributed by atoms with Gasteiger partial charge in [-0.3, -0.25) is 0 Å². The molecule has 108 valence electrons. The van der Waals surface area contributed by atoms with Gasteiger partial charge in [-0.25, -0.2) is 15.8 Å². The summed E-state index contributed by atoms with van der Waals surface area (Å²) in [6.45, 7) is 4.26. The summed E-state index contributed by atoms with van der Waals surface area (Å²) in [5, 5.41) is 5.64. The second-order valence-corrected chi connectivity index (χ2v) is 5.53. The monoisotopic (exact) mass is 291 g/mol. The van der Waals surface area contributed by atoms with Crippen LogP contribution in [-0.2, 0) is 6.42 Å². The van der Waals surface area contributed by atoms with Crippen molar-refractivity contribution in [3.63, 3.8) is 0 Å². The Morgan fingerprint density at radius 3 is 2.70 bits per heavy atom. The van der Waals surface area contributed by atoms with E-state index in [9.17, 15) is 0 Å². The van der Waals surface area contributed by atoms with Gasteiger partial charge in [0.2, 0.25) is 0 Å². The van der Waals surface area contributed by atoms with Crippen molar-refractivity contribution >= 4 is 23.0 Å². The van der Waals surface area contributed by atoms with E-state index in [4.69, 9.17) is 5.84 Å². The lowest BCUT2D eigenvalue weighted by Crippen LogP contribution is -2.16. The fraction of sp³-hybridized carbons (Fsp3) is 0.429. The van der Waals surface area contributed by atoms with Gasteiger partial charge in [-0.05, 0) is 24.3 Å². The molecule has 0 bridgehead atoms. The highest BCUT2D eigenvalue weighted by atomic mass is 32.1. The molecular formula is C14H21N5S. The third-order valence-electron chi connectivity index (χ3n) is 3.21. The number of nitrogens with two attached hydrogens (primary N) is 1. The topological polar surface area (TPSA) is 75.9 Å². The molecule has 1 unspecified atom stereocenters. The van der Waals surface area contributed by atoms with Gasteiger partial charge < -0.3 is 10.7 Å². The second-order valence-electron chi connectivity index (χ2n) is 4.55. The molecule has 0 fully saturated rings. The Hall–Kier alpha value is -1.66. The molecule has 2 aromatic rings. The molecule has 0 aliphatic rings. The van der Waals surface area contributed by atoms with E-state index in [0.29, 0.717) is 5.82 Å². The third kappa shape index (κ3) is 3.26. The molecule has 20 heavy (non-hydrogen) atoms. The molecule has 0 saturated carbocycles. The zero-order valence-electron chi connectivity index (χ0n) is 11.9. The van der Waals surface area contributed by atoms with Crippen molar-refractivity contribution < 1.29 is 0 Å². The van der Waals surface area contributed by atoms with Crippen LogP contribution in [0.1, 0.15) is 43.2 Å². The van der Waals surface area contributed by atoms with Crippen LogP contribution in [0.3, 0.4) is 0 Å². The minimum absolute atomic E-state index is 0.283. The van der Waals surface area contributed by atoms with Crippen LogP contribution in [0.5, 0.6) is 0 Å². The average Bonchev–Trinajstić information content (AvgIpc) is 3.00. The minimum atomic E-state index is 0.283. The van der Waals surface area contributed by atoms with Crippen LogP contribution in [0.4, 0.5) is 11.6 Å². The summed E-state index contributed by atoms with van der Waals surface area (Å²) in [6, 6.07) is 4.52. The summed E-state index contributed by atoms with van der Waals surface area (Å²) >= 11 is 1.77. The molecular weight excluding hydrogens is 270 g/mol. The summed E-state index contributed by atoms with van der Waals surface area (Å²) in [7, 11) is 0. The lowest BCUT2D eigenvalue weighted by atomic mass is 10.1. The zero-order valence-corrected chi connectivity index (χ0v) is 12.7. The molecule has 2 heterocycles. The van der Waals surface area contributed by atoms with Crippen LogP contribution in [-0.4, -0.2) is 9.97 Å². The van der Waals surface area contributed by atoms with E-state index in [1.807, 2.05) is 0 Å².